The first-order valence-corrected chi connectivity index (χ1v) is 37.7. The van der Waals surface area contributed by atoms with Gasteiger partial charge in [0.25, 0.3) is 0 Å². The molecule has 0 saturated carbocycles. The Labute approximate surface area is 611 Å². The number of unbranched alkanes of at least 4 members (excludes halogenated alkanes) is 1. The number of Topliss-reactive ketones (excluding diaryl/α,β-unsaturated/α-hetero) is 4. The summed E-state index contributed by atoms with van der Waals surface area (Å²) < 4.78 is 43.1. The molecule has 2 aliphatic heterocycles. The number of thioether (sulfide) groups is 1. The minimum absolute atomic E-state index is 0.0107. The van der Waals surface area contributed by atoms with Crippen molar-refractivity contribution in [2.45, 2.75) is 101 Å². The van der Waals surface area contributed by atoms with Crippen LogP contribution in [0.15, 0.2) is 30.3 Å². The maximum absolute atomic E-state index is 14.7. The normalized spacial score (nSPS) is 20.2. The van der Waals surface area contributed by atoms with Gasteiger partial charge in [-0.1, -0.05) is 51.9 Å². The average molecular weight is 1520 g/mol. The van der Waals surface area contributed by atoms with E-state index in [9.17, 15) is 67.4 Å². The molecule has 2 bridgehead atoms. The molecular formula is C65H104N12O23S3. The molecule has 0 unspecified atom stereocenters. The summed E-state index contributed by atoms with van der Waals surface area (Å²) in [5.41, 5.74) is 6.13. The third kappa shape index (κ3) is 43.8. The molecule has 1 aromatic rings. The number of carbonyl (C=O) groups excluding carboxylic acids is 12. The van der Waals surface area contributed by atoms with Gasteiger partial charge < -0.3 is 96.6 Å². The number of carboxylic acid groups (broad SMARTS) is 1. The molecule has 2 saturated heterocycles. The predicted molar refractivity (Wildman–Crippen MR) is 379 cm³/mol. The van der Waals surface area contributed by atoms with E-state index in [-0.39, 0.29) is 139 Å². The van der Waals surface area contributed by atoms with Crippen molar-refractivity contribution in [3.8, 4) is 0 Å². The molecule has 3 rings (SSSR count). The fourth-order valence-corrected chi connectivity index (χ4v) is 13.2. The van der Waals surface area contributed by atoms with Crippen molar-refractivity contribution in [3.63, 3.8) is 0 Å². The summed E-state index contributed by atoms with van der Waals surface area (Å²) in [7, 11) is 3.51. The van der Waals surface area contributed by atoms with Crippen molar-refractivity contribution in [3.05, 3.63) is 35.9 Å². The molecule has 35 nitrogen and oxygen atoms in total. The summed E-state index contributed by atoms with van der Waals surface area (Å²) in [6, 6.07) is 3.39. The highest BCUT2D eigenvalue weighted by molar-refractivity contribution is 8.76. The minimum atomic E-state index is -1.52. The molecule has 0 spiro atoms. The molecule has 0 aromatic heterocycles. The van der Waals surface area contributed by atoms with E-state index in [0.717, 1.165) is 33.3 Å². The Hall–Kier alpha value is -6.95. The van der Waals surface area contributed by atoms with Crippen LogP contribution >= 0.6 is 33.3 Å². The summed E-state index contributed by atoms with van der Waals surface area (Å²) >= 11 is 0.975. The SMILES string of the molecule is COCCOCCCC(=O)[C@@H]1CSCC(=O)N[C@@H](CCCCNC(=O)COCC(=O)NCCOCCOCCOCCOCCOCCNC(=O)CON)C(=O)N[C@H]2CSSC[C@H](NC(=O)[C@H](CC(=O)O)CC(=O)CNC(=O)[C@H](CCCNC(=N)N)CC2=O)C(=O)C[C@@H](Cc2ccccc2)C(=O)N1. The predicted octanol–water partition coefficient (Wildman–Crippen LogP) is -2.59. The third-order valence-electron chi connectivity index (χ3n) is 15.3. The van der Waals surface area contributed by atoms with Gasteiger partial charge in [0.05, 0.1) is 122 Å². The average Bonchev–Trinajstić information content (AvgIpc) is 1.34. The second kappa shape index (κ2) is 56.4. The van der Waals surface area contributed by atoms with Crippen molar-refractivity contribution in [1.82, 2.24) is 47.9 Å². The lowest BCUT2D eigenvalue weighted by Crippen LogP contribution is -2.53. The van der Waals surface area contributed by atoms with E-state index in [4.69, 9.17) is 54.9 Å². The zero-order chi connectivity index (χ0) is 75.2. The molecule has 0 aliphatic carbocycles. The first kappa shape index (κ1) is 90.3. The smallest absolute Gasteiger partial charge is 0.304 e. The third-order valence-corrected chi connectivity index (χ3v) is 18.7. The number of carboxylic acids is 1. The van der Waals surface area contributed by atoms with Crippen LogP contribution in [0.2, 0.25) is 0 Å². The van der Waals surface area contributed by atoms with Crippen LogP contribution in [0.1, 0.15) is 76.2 Å². The number of carbonyl (C=O) groups is 13. The minimum Gasteiger partial charge on any atom is -0.481 e. The Bertz CT molecular complexity index is 2790. The number of hydrogen-bond donors (Lipinski definition) is 13. The largest absolute Gasteiger partial charge is 0.481 e. The van der Waals surface area contributed by atoms with Gasteiger partial charge in [0.1, 0.15) is 25.9 Å². The molecule has 7 atom stereocenters. The summed E-state index contributed by atoms with van der Waals surface area (Å²) in [6.45, 7) is 2.83. The molecule has 2 heterocycles. The molecule has 38 heteroatoms. The monoisotopic (exact) mass is 1520 g/mol. The molecule has 2 aliphatic rings. The van der Waals surface area contributed by atoms with E-state index in [1.54, 1.807) is 30.3 Å². The number of aliphatic carboxylic acids is 1. The maximum Gasteiger partial charge on any atom is 0.304 e. The molecular weight excluding hydrogens is 1410 g/mol. The Kier molecular flexibility index (Phi) is 49.5. The second-order valence-electron chi connectivity index (χ2n) is 23.6. The number of hydrogen-bond acceptors (Lipinski definition) is 27. The highest BCUT2D eigenvalue weighted by Gasteiger charge is 2.36. The van der Waals surface area contributed by atoms with Gasteiger partial charge in [-0.2, -0.15) is 0 Å². The van der Waals surface area contributed by atoms with Crippen molar-refractivity contribution in [2.75, 3.05) is 169 Å². The van der Waals surface area contributed by atoms with Crippen LogP contribution in [0.4, 0.5) is 0 Å². The number of rotatable bonds is 45. The van der Waals surface area contributed by atoms with Gasteiger partial charge in [-0.15, -0.1) is 11.8 Å². The van der Waals surface area contributed by atoms with Crippen molar-refractivity contribution >= 4 is 116 Å². The zero-order valence-corrected chi connectivity index (χ0v) is 60.8. The fraction of sp³-hybridized carbons (Fsp3) is 0.692. The van der Waals surface area contributed by atoms with Gasteiger partial charge in [0.15, 0.2) is 29.1 Å². The standard InChI is InChI=1S/C65H104N12O23S3/c1-92-21-22-93-18-8-13-53(79)50-40-101-43-59(85)74-49(12-5-6-14-69-56(82)37-99-38-57(83)70-16-19-94-23-25-96-27-29-98-30-28-97-26-24-95-20-17-71-58(84)39-100-68)64(91)77-52-42-103-102-41-51(55(81)34-46(62(89)75-50)31-44-9-3-2-4-10-44)76-63(90)47(35-60(86)87)32-48(78)36-73-61(88)45(33-54(52)80)11-7-15-72-65(66)67/h2-4,9-10,45-47,49-52H,5-8,11-43,68H2,1H3,(H,69,82)(H,70,83)(H,71,84)(H,73,88)(H,74,85)(H,75,89)(H,76,90)(H,77,91)(H,86,87)(H4,66,67,72)/t45-,46-,47+,49+,50+,51+,52+/m1/s1. The Morgan fingerprint density at radius 3 is 1.67 bits per heavy atom. The lowest BCUT2D eigenvalue weighted by molar-refractivity contribution is -0.142. The van der Waals surface area contributed by atoms with Gasteiger partial charge in [-0.05, 0) is 50.5 Å². The highest BCUT2D eigenvalue weighted by atomic mass is 33.1. The number of benzene rings is 1. The van der Waals surface area contributed by atoms with E-state index in [2.05, 4.69) is 52.7 Å². The number of nitrogens with two attached hydrogens (primary N) is 2. The van der Waals surface area contributed by atoms with Crippen LogP contribution in [-0.4, -0.2) is 280 Å². The Morgan fingerprint density at radius 2 is 1.09 bits per heavy atom. The molecule has 0 radical (unpaired) electrons. The molecule has 103 heavy (non-hydrogen) atoms. The Morgan fingerprint density at radius 1 is 0.553 bits per heavy atom. The maximum atomic E-state index is 14.7. The van der Waals surface area contributed by atoms with Crippen LogP contribution in [0.5, 0.6) is 0 Å². The van der Waals surface area contributed by atoms with E-state index in [1.165, 1.54) is 7.11 Å². The van der Waals surface area contributed by atoms with E-state index < -0.39 is 158 Å². The van der Waals surface area contributed by atoms with Gasteiger partial charge in [0.2, 0.25) is 47.3 Å². The first-order chi connectivity index (χ1) is 49.7. The number of guanidine groups is 1. The second-order valence-corrected chi connectivity index (χ2v) is 27.2. The fourth-order valence-electron chi connectivity index (χ4n) is 9.91. The van der Waals surface area contributed by atoms with Crippen molar-refractivity contribution in [1.29, 1.82) is 5.41 Å². The number of ether oxygens (including phenoxy) is 8. The van der Waals surface area contributed by atoms with E-state index in [1.807, 2.05) is 0 Å². The summed E-state index contributed by atoms with van der Waals surface area (Å²) in [4.78, 5) is 181. The van der Waals surface area contributed by atoms with Crippen molar-refractivity contribution < 1.29 is 110 Å². The van der Waals surface area contributed by atoms with Gasteiger partial charge in [-0.3, -0.25) is 72.6 Å². The van der Waals surface area contributed by atoms with Gasteiger partial charge >= 0.3 is 5.97 Å². The van der Waals surface area contributed by atoms with Crippen LogP contribution in [-0.2, 0) is 111 Å². The van der Waals surface area contributed by atoms with Crippen LogP contribution in [0.3, 0.4) is 0 Å². The van der Waals surface area contributed by atoms with Crippen LogP contribution in [0.25, 0.3) is 0 Å². The summed E-state index contributed by atoms with van der Waals surface area (Å²) in [6.07, 6.45) is -1.66. The lowest BCUT2D eigenvalue weighted by Gasteiger charge is -2.26. The van der Waals surface area contributed by atoms with E-state index in [0.29, 0.717) is 71.6 Å². The van der Waals surface area contributed by atoms with Crippen LogP contribution in [0, 0.1) is 23.2 Å². The summed E-state index contributed by atoms with van der Waals surface area (Å²) in [5.74, 6) is -9.44. The van der Waals surface area contributed by atoms with Crippen molar-refractivity contribution in [2.24, 2.45) is 29.4 Å². The number of nitrogens with one attached hydrogen (secondary N) is 10. The number of amides is 8. The number of fused-ring (bicyclic) bond motifs is 5. The molecule has 15 N–H and O–H groups in total. The van der Waals surface area contributed by atoms with Gasteiger partial charge in [0, 0.05) is 94.7 Å². The lowest BCUT2D eigenvalue weighted by atomic mass is 9.90. The van der Waals surface area contributed by atoms with Crippen LogP contribution < -0.4 is 59.5 Å². The first-order valence-electron chi connectivity index (χ1n) is 34.1. The summed E-state index contributed by atoms with van der Waals surface area (Å²) in [5, 5.41) is 41.4. The molecule has 8 amide bonds. The highest BCUT2D eigenvalue weighted by Crippen LogP contribution is 2.27. The molecule has 1 aromatic carbocycles. The molecule has 2 fully saturated rings. The Balaban J connectivity index is 1.74. The quantitative estimate of drug-likeness (QED) is 0.0105. The number of methoxy groups -OCH3 is 1. The topological polar surface area (TPSA) is 509 Å². The molecule has 580 valence electrons. The van der Waals surface area contributed by atoms with Gasteiger partial charge in [-0.25, -0.2) is 5.90 Å². The zero-order valence-electron chi connectivity index (χ0n) is 58.4. The van der Waals surface area contributed by atoms with E-state index >= 15 is 0 Å². The number of ketones is 4.